The van der Waals surface area contributed by atoms with Gasteiger partial charge in [-0.3, -0.25) is 14.3 Å². The molecule has 2 heterocycles. The molecule has 2 fully saturated rings. The molecule has 5 rings (SSSR count). The number of nitrogens with zero attached hydrogens (tertiary/aromatic N) is 4. The van der Waals surface area contributed by atoms with Crippen molar-refractivity contribution in [2.24, 2.45) is 11.8 Å². The number of hydrogen-bond donors (Lipinski definition) is 0. The summed E-state index contributed by atoms with van der Waals surface area (Å²) in [7, 11) is 0. The summed E-state index contributed by atoms with van der Waals surface area (Å²) in [4.78, 5) is 18.8. The molecule has 35 heavy (non-hydrogen) atoms. The molecule has 1 aromatic heterocycles. The van der Waals surface area contributed by atoms with Crippen molar-refractivity contribution in [2.75, 3.05) is 6.61 Å². The minimum atomic E-state index is -0.675. The average molecular weight is 483 g/mol. The molecule has 2 aromatic carbocycles. The van der Waals surface area contributed by atoms with Crippen LogP contribution in [0.2, 0.25) is 0 Å². The molecule has 3 aromatic rings. The van der Waals surface area contributed by atoms with E-state index in [2.05, 4.69) is 5.10 Å². The third-order valence-corrected chi connectivity index (χ3v) is 7.16. The predicted molar refractivity (Wildman–Crippen MR) is 121 cm³/mol. The molecule has 1 amide bonds. The lowest BCUT2D eigenvalue weighted by molar-refractivity contribution is -0.183. The molecule has 0 radical (unpaired) electrons. The second-order valence-electron chi connectivity index (χ2n) is 9.45. The molecule has 1 saturated carbocycles. The van der Waals surface area contributed by atoms with Crippen molar-refractivity contribution in [2.45, 2.75) is 51.6 Å². The lowest BCUT2D eigenvalue weighted by Gasteiger charge is -2.32. The van der Waals surface area contributed by atoms with Gasteiger partial charge in [0, 0.05) is 30.3 Å². The van der Waals surface area contributed by atoms with E-state index in [4.69, 9.17) is 4.84 Å². The Morgan fingerprint density at radius 2 is 1.80 bits per heavy atom. The minimum Gasteiger partial charge on any atom is -0.272 e. The SMILES string of the molecule is Cc1nn(C[C@H]2CC[C@H](C(=O)N3OCC[C@H]3c3cc(F)cc(F)c3)CC2)c2cc(C#N)c(F)cc12. The Labute approximate surface area is 200 Å². The molecule has 0 unspecified atom stereocenters. The van der Waals surface area contributed by atoms with Crippen LogP contribution in [0.25, 0.3) is 10.9 Å². The van der Waals surface area contributed by atoms with Crippen molar-refractivity contribution >= 4 is 16.8 Å². The predicted octanol–water partition coefficient (Wildman–Crippen LogP) is 5.35. The molecule has 1 atom stereocenters. The molecule has 1 aliphatic heterocycles. The second kappa shape index (κ2) is 9.34. The highest BCUT2D eigenvalue weighted by atomic mass is 19.1. The largest absolute Gasteiger partial charge is 0.272 e. The Bertz CT molecular complexity index is 1300. The van der Waals surface area contributed by atoms with Crippen LogP contribution in [0.4, 0.5) is 13.2 Å². The summed E-state index contributed by atoms with van der Waals surface area (Å²) < 4.78 is 43.3. The molecule has 0 spiro atoms. The molecule has 9 heteroatoms. The van der Waals surface area contributed by atoms with Gasteiger partial charge in [0.1, 0.15) is 23.5 Å². The van der Waals surface area contributed by atoms with Crippen LogP contribution in [0, 0.1) is 47.5 Å². The molecule has 6 nitrogen and oxygen atoms in total. The van der Waals surface area contributed by atoms with Gasteiger partial charge in [-0.15, -0.1) is 0 Å². The lowest BCUT2D eigenvalue weighted by atomic mass is 9.81. The van der Waals surface area contributed by atoms with Crippen molar-refractivity contribution in [1.29, 1.82) is 5.26 Å². The second-order valence-corrected chi connectivity index (χ2v) is 9.45. The standard InChI is InChI=1S/C26H25F3N4O2/c1-15-22-12-23(29)19(13-30)10-25(22)32(31-15)14-16-2-4-17(5-3-16)26(34)33-24(6-7-35-33)18-8-20(27)11-21(28)9-18/h8-12,16-17,24H,2-7,14H2,1H3/t16-,17-,24-/m0/s1. The molecule has 0 N–H and O–H groups in total. The topological polar surface area (TPSA) is 71.2 Å². The van der Waals surface area contributed by atoms with Gasteiger partial charge in [-0.2, -0.15) is 10.4 Å². The van der Waals surface area contributed by atoms with E-state index in [0.717, 1.165) is 24.4 Å². The third kappa shape index (κ3) is 4.50. The number of fused-ring (bicyclic) bond motifs is 1. The number of hydrogen-bond acceptors (Lipinski definition) is 4. The minimum absolute atomic E-state index is 0.00805. The highest BCUT2D eigenvalue weighted by Gasteiger charge is 2.37. The van der Waals surface area contributed by atoms with Crippen molar-refractivity contribution in [1.82, 2.24) is 14.8 Å². The number of carbonyl (C=O) groups excluding carboxylic acids is 1. The monoisotopic (exact) mass is 482 g/mol. The Morgan fingerprint density at radius 3 is 2.49 bits per heavy atom. The molecular formula is C26H25F3N4O2. The van der Waals surface area contributed by atoms with Crippen LogP contribution >= 0.6 is 0 Å². The molecular weight excluding hydrogens is 457 g/mol. The highest BCUT2D eigenvalue weighted by molar-refractivity contribution is 5.83. The maximum atomic E-state index is 14.0. The normalized spacial score (nSPS) is 22.5. The summed E-state index contributed by atoms with van der Waals surface area (Å²) >= 11 is 0. The van der Waals surface area contributed by atoms with Crippen LogP contribution in [0.1, 0.15) is 55.0 Å². The van der Waals surface area contributed by atoms with E-state index < -0.39 is 23.5 Å². The maximum Gasteiger partial charge on any atom is 0.249 e. The summed E-state index contributed by atoms with van der Waals surface area (Å²) in [6.07, 6.45) is 3.43. The smallest absolute Gasteiger partial charge is 0.249 e. The third-order valence-electron chi connectivity index (χ3n) is 7.16. The number of amides is 1. The number of aromatic nitrogens is 2. The summed E-state index contributed by atoms with van der Waals surface area (Å²) in [5.41, 5.74) is 1.83. The van der Waals surface area contributed by atoms with Crippen LogP contribution < -0.4 is 0 Å². The number of rotatable bonds is 4. The van der Waals surface area contributed by atoms with Crippen LogP contribution in [0.5, 0.6) is 0 Å². The van der Waals surface area contributed by atoms with Crippen molar-refractivity contribution < 1.29 is 22.8 Å². The molecule has 182 valence electrons. The summed E-state index contributed by atoms with van der Waals surface area (Å²) in [6, 6.07) is 7.60. The van der Waals surface area contributed by atoms with Crippen molar-refractivity contribution in [3.05, 3.63) is 64.6 Å². The number of nitriles is 1. The number of hydroxylamine groups is 2. The van der Waals surface area contributed by atoms with Crippen LogP contribution in [0.15, 0.2) is 30.3 Å². The molecule has 1 aliphatic carbocycles. The number of halogens is 3. The van der Waals surface area contributed by atoms with Crippen LogP contribution in [-0.2, 0) is 16.2 Å². The number of benzene rings is 2. The van der Waals surface area contributed by atoms with E-state index in [9.17, 15) is 23.2 Å². The van der Waals surface area contributed by atoms with Crippen molar-refractivity contribution in [3.63, 3.8) is 0 Å². The van der Waals surface area contributed by atoms with E-state index in [1.807, 2.05) is 17.7 Å². The van der Waals surface area contributed by atoms with Gasteiger partial charge in [-0.05, 0) is 68.4 Å². The van der Waals surface area contributed by atoms with Crippen molar-refractivity contribution in [3.8, 4) is 6.07 Å². The van der Waals surface area contributed by atoms with Crippen LogP contribution in [-0.4, -0.2) is 27.4 Å². The van der Waals surface area contributed by atoms with E-state index >= 15 is 0 Å². The average Bonchev–Trinajstić information content (AvgIpc) is 3.43. The molecule has 2 aliphatic rings. The number of carbonyl (C=O) groups is 1. The van der Waals surface area contributed by atoms with Gasteiger partial charge in [-0.25, -0.2) is 18.2 Å². The first-order chi connectivity index (χ1) is 16.8. The van der Waals surface area contributed by atoms with Gasteiger partial charge >= 0.3 is 0 Å². The van der Waals surface area contributed by atoms with Gasteiger partial charge in [-0.1, -0.05) is 0 Å². The lowest BCUT2D eigenvalue weighted by Crippen LogP contribution is -2.37. The Morgan fingerprint density at radius 1 is 1.09 bits per heavy atom. The van der Waals surface area contributed by atoms with Gasteiger partial charge in [0.15, 0.2) is 0 Å². The summed E-state index contributed by atoms with van der Waals surface area (Å²) in [5.74, 6) is -1.99. The Kier molecular flexibility index (Phi) is 6.24. The fourth-order valence-electron chi connectivity index (χ4n) is 5.35. The van der Waals surface area contributed by atoms with Gasteiger partial charge < -0.3 is 0 Å². The fraction of sp³-hybridized carbons (Fsp3) is 0.423. The van der Waals surface area contributed by atoms with E-state index in [-0.39, 0.29) is 23.3 Å². The van der Waals surface area contributed by atoms with Gasteiger partial charge in [0.2, 0.25) is 5.91 Å². The zero-order valence-electron chi connectivity index (χ0n) is 19.3. The summed E-state index contributed by atoms with van der Waals surface area (Å²) in [5, 5.41) is 15.7. The van der Waals surface area contributed by atoms with Gasteiger partial charge in [0.05, 0.1) is 29.4 Å². The fourth-order valence-corrected chi connectivity index (χ4v) is 5.35. The first-order valence-electron chi connectivity index (χ1n) is 11.8. The van der Waals surface area contributed by atoms with E-state index in [0.29, 0.717) is 49.1 Å². The van der Waals surface area contributed by atoms with E-state index in [1.165, 1.54) is 23.3 Å². The quantitative estimate of drug-likeness (QED) is 0.503. The maximum absolute atomic E-state index is 14.0. The van der Waals surface area contributed by atoms with Gasteiger partial charge in [0.25, 0.3) is 0 Å². The first-order valence-corrected chi connectivity index (χ1v) is 11.8. The highest BCUT2D eigenvalue weighted by Crippen LogP contribution is 2.37. The first kappa shape index (κ1) is 23.4. The Balaban J connectivity index is 1.25. The summed E-state index contributed by atoms with van der Waals surface area (Å²) in [6.45, 7) is 2.75. The molecule has 1 saturated heterocycles. The zero-order valence-corrected chi connectivity index (χ0v) is 19.3. The Hall–Kier alpha value is -3.38. The van der Waals surface area contributed by atoms with E-state index in [1.54, 1.807) is 6.07 Å². The van der Waals surface area contributed by atoms with Crippen LogP contribution in [0.3, 0.4) is 0 Å². The number of aryl methyl sites for hydroxylation is 1. The molecule has 0 bridgehead atoms. The zero-order chi connectivity index (χ0) is 24.7.